The molecule has 2 rings (SSSR count). The van der Waals surface area contributed by atoms with Crippen LogP contribution in [0.15, 0.2) is 54.6 Å². The van der Waals surface area contributed by atoms with Gasteiger partial charge in [-0.25, -0.2) is 0 Å². The molecule has 0 bridgehead atoms. The summed E-state index contributed by atoms with van der Waals surface area (Å²) in [6.07, 6.45) is 0. The molecule has 2 aromatic rings. The summed E-state index contributed by atoms with van der Waals surface area (Å²) in [6, 6.07) is 18.4. The average Bonchev–Trinajstić information content (AvgIpc) is 2.41. The number of carbonyl (C=O) groups is 1. The number of carbonyl (C=O) groups excluding carboxylic acids is 1. The van der Waals surface area contributed by atoms with E-state index in [1.165, 1.54) is 11.1 Å². The first kappa shape index (κ1) is 12.9. The third kappa shape index (κ3) is 2.82. The first-order chi connectivity index (χ1) is 8.72. The smallest absolute Gasteiger partial charge is 0.138 e. The Hall–Kier alpha value is -1.54. The lowest BCUT2D eigenvalue weighted by molar-refractivity contribution is -0.117. The van der Waals surface area contributed by atoms with E-state index in [2.05, 4.69) is 36.9 Å². The van der Waals surface area contributed by atoms with E-state index in [0.717, 1.165) is 5.56 Å². The molecule has 0 aromatic heterocycles. The Morgan fingerprint density at radius 3 is 2.06 bits per heavy atom. The molecule has 92 valence electrons. The molecule has 0 amide bonds. The van der Waals surface area contributed by atoms with Gasteiger partial charge in [0, 0.05) is 5.75 Å². The zero-order valence-corrected chi connectivity index (χ0v) is 11.2. The number of hydrogen-bond acceptors (Lipinski definition) is 2. The Morgan fingerprint density at radius 2 is 1.56 bits per heavy atom. The van der Waals surface area contributed by atoms with Crippen molar-refractivity contribution in [1.82, 2.24) is 0 Å². The highest BCUT2D eigenvalue weighted by molar-refractivity contribution is 7.80. The average molecular weight is 256 g/mol. The van der Waals surface area contributed by atoms with Crippen LogP contribution in [0.2, 0.25) is 0 Å². The first-order valence-electron chi connectivity index (χ1n) is 5.99. The predicted octanol–water partition coefficient (Wildman–Crippen LogP) is 3.96. The summed E-state index contributed by atoms with van der Waals surface area (Å²) < 4.78 is 0. The summed E-state index contributed by atoms with van der Waals surface area (Å²) in [5.41, 5.74) is 3.40. The fourth-order valence-electron chi connectivity index (χ4n) is 2.01. The van der Waals surface area contributed by atoms with Crippen LogP contribution in [-0.4, -0.2) is 11.5 Å². The highest BCUT2D eigenvalue weighted by Crippen LogP contribution is 2.23. The topological polar surface area (TPSA) is 17.1 Å². The number of hydrogen-bond donors (Lipinski definition) is 1. The summed E-state index contributed by atoms with van der Waals surface area (Å²) in [6.45, 7) is 1.62. The normalized spacial score (nSPS) is 12.1. The zero-order chi connectivity index (χ0) is 13.0. The fraction of sp³-hybridized carbons (Fsp3) is 0.188. The van der Waals surface area contributed by atoms with Gasteiger partial charge in [0.25, 0.3) is 0 Å². The summed E-state index contributed by atoms with van der Waals surface area (Å²) in [7, 11) is 0. The van der Waals surface area contributed by atoms with Gasteiger partial charge in [0.05, 0.1) is 5.92 Å². The molecule has 2 heteroatoms. The molecule has 1 nitrogen and oxygen atoms in total. The highest BCUT2D eigenvalue weighted by atomic mass is 32.1. The second kappa shape index (κ2) is 5.87. The molecule has 1 atom stereocenters. The van der Waals surface area contributed by atoms with Gasteiger partial charge in [-0.2, -0.15) is 12.6 Å². The summed E-state index contributed by atoms with van der Waals surface area (Å²) in [5, 5.41) is 0. The standard InChI is InChI=1S/C16H16OS/c1-12(17)16(11-18)15-9-7-14(8-10-15)13-5-3-2-4-6-13/h2-10,16,18H,11H2,1H3. The van der Waals surface area contributed by atoms with Gasteiger partial charge in [-0.1, -0.05) is 54.6 Å². The van der Waals surface area contributed by atoms with Gasteiger partial charge < -0.3 is 0 Å². The molecule has 0 fully saturated rings. The number of Topliss-reactive ketones (excluding diaryl/α,β-unsaturated/α-hetero) is 1. The first-order valence-corrected chi connectivity index (χ1v) is 6.62. The van der Waals surface area contributed by atoms with Crippen molar-refractivity contribution in [3.8, 4) is 11.1 Å². The van der Waals surface area contributed by atoms with Crippen molar-refractivity contribution < 1.29 is 4.79 Å². The summed E-state index contributed by atoms with van der Waals surface area (Å²) in [5.74, 6) is 0.621. The van der Waals surface area contributed by atoms with Gasteiger partial charge in [0.15, 0.2) is 0 Å². The van der Waals surface area contributed by atoms with Crippen LogP contribution >= 0.6 is 12.6 Å². The minimum Gasteiger partial charge on any atom is -0.299 e. The van der Waals surface area contributed by atoms with Gasteiger partial charge in [-0.15, -0.1) is 0 Å². The van der Waals surface area contributed by atoms with Crippen molar-refractivity contribution in [2.75, 3.05) is 5.75 Å². The van der Waals surface area contributed by atoms with E-state index >= 15 is 0 Å². The Kier molecular flexibility index (Phi) is 4.21. The quantitative estimate of drug-likeness (QED) is 0.819. The van der Waals surface area contributed by atoms with E-state index in [1.54, 1.807) is 6.92 Å². The zero-order valence-electron chi connectivity index (χ0n) is 10.3. The maximum atomic E-state index is 11.5. The third-order valence-electron chi connectivity index (χ3n) is 3.09. The van der Waals surface area contributed by atoms with Crippen LogP contribution in [0, 0.1) is 0 Å². The predicted molar refractivity (Wildman–Crippen MR) is 79.2 cm³/mol. The van der Waals surface area contributed by atoms with E-state index in [1.807, 2.05) is 30.3 Å². The summed E-state index contributed by atoms with van der Waals surface area (Å²) >= 11 is 4.24. The minimum absolute atomic E-state index is 0.0989. The Morgan fingerprint density at radius 1 is 1.00 bits per heavy atom. The highest BCUT2D eigenvalue weighted by Gasteiger charge is 2.14. The van der Waals surface area contributed by atoms with Gasteiger partial charge in [0.1, 0.15) is 5.78 Å². The van der Waals surface area contributed by atoms with Crippen molar-refractivity contribution >= 4 is 18.4 Å². The SMILES string of the molecule is CC(=O)C(CS)c1ccc(-c2ccccc2)cc1. The van der Waals surface area contributed by atoms with Gasteiger partial charge >= 0.3 is 0 Å². The largest absolute Gasteiger partial charge is 0.299 e. The van der Waals surface area contributed by atoms with Crippen molar-refractivity contribution in [2.24, 2.45) is 0 Å². The number of ketones is 1. The van der Waals surface area contributed by atoms with E-state index in [0.29, 0.717) is 5.75 Å². The number of thiol groups is 1. The van der Waals surface area contributed by atoms with Crippen LogP contribution in [-0.2, 0) is 4.79 Å². The van der Waals surface area contributed by atoms with Crippen LogP contribution < -0.4 is 0 Å². The molecule has 2 aromatic carbocycles. The maximum Gasteiger partial charge on any atom is 0.138 e. The van der Waals surface area contributed by atoms with Gasteiger partial charge in [-0.05, 0) is 23.6 Å². The molecule has 0 saturated carbocycles. The summed E-state index contributed by atoms with van der Waals surface area (Å²) in [4.78, 5) is 11.5. The third-order valence-corrected chi connectivity index (χ3v) is 3.46. The Bertz CT molecular complexity index is 517. The fourth-order valence-corrected chi connectivity index (χ4v) is 2.48. The van der Waals surface area contributed by atoms with E-state index in [-0.39, 0.29) is 11.7 Å². The molecule has 1 unspecified atom stereocenters. The molecule has 0 saturated heterocycles. The molecule has 0 spiro atoms. The number of rotatable bonds is 4. The lowest BCUT2D eigenvalue weighted by Crippen LogP contribution is -2.10. The van der Waals surface area contributed by atoms with Crippen LogP contribution in [0.5, 0.6) is 0 Å². The van der Waals surface area contributed by atoms with E-state index in [9.17, 15) is 4.79 Å². The maximum absolute atomic E-state index is 11.5. The number of benzene rings is 2. The van der Waals surface area contributed by atoms with Crippen molar-refractivity contribution in [1.29, 1.82) is 0 Å². The molecule has 0 radical (unpaired) electrons. The molecule has 18 heavy (non-hydrogen) atoms. The van der Waals surface area contributed by atoms with Crippen LogP contribution in [0.4, 0.5) is 0 Å². The van der Waals surface area contributed by atoms with E-state index < -0.39 is 0 Å². The van der Waals surface area contributed by atoms with Crippen LogP contribution in [0.1, 0.15) is 18.4 Å². The second-order valence-corrected chi connectivity index (χ2v) is 4.70. The molecule has 0 aliphatic carbocycles. The van der Waals surface area contributed by atoms with Gasteiger partial charge in [-0.3, -0.25) is 4.79 Å². The lowest BCUT2D eigenvalue weighted by Gasteiger charge is -2.11. The molecular formula is C16H16OS. The second-order valence-electron chi connectivity index (χ2n) is 4.33. The Labute approximate surface area is 113 Å². The van der Waals surface area contributed by atoms with Crippen molar-refractivity contribution in [3.05, 3.63) is 60.2 Å². The monoisotopic (exact) mass is 256 g/mol. The van der Waals surface area contributed by atoms with E-state index in [4.69, 9.17) is 0 Å². The molecule has 0 aliphatic heterocycles. The van der Waals surface area contributed by atoms with Crippen molar-refractivity contribution in [3.63, 3.8) is 0 Å². The van der Waals surface area contributed by atoms with Gasteiger partial charge in [0.2, 0.25) is 0 Å². The Balaban J connectivity index is 2.28. The lowest BCUT2D eigenvalue weighted by atomic mass is 9.95. The molecule has 0 heterocycles. The molecule has 0 N–H and O–H groups in total. The molecule has 0 aliphatic rings. The molecular weight excluding hydrogens is 240 g/mol. The minimum atomic E-state index is -0.0989. The van der Waals surface area contributed by atoms with Crippen molar-refractivity contribution in [2.45, 2.75) is 12.8 Å². The van der Waals surface area contributed by atoms with Crippen LogP contribution in [0.25, 0.3) is 11.1 Å². The van der Waals surface area contributed by atoms with Crippen LogP contribution in [0.3, 0.4) is 0 Å².